The maximum atomic E-state index is 12.5. The average molecular weight is 456 g/mol. The Morgan fingerprint density at radius 2 is 2.00 bits per heavy atom. The van der Waals surface area contributed by atoms with Crippen molar-refractivity contribution in [3.63, 3.8) is 0 Å². The van der Waals surface area contributed by atoms with Gasteiger partial charge in [0.05, 0.1) is 21.3 Å². The number of benzene rings is 1. The van der Waals surface area contributed by atoms with E-state index >= 15 is 0 Å². The van der Waals surface area contributed by atoms with Crippen molar-refractivity contribution in [1.29, 1.82) is 0 Å². The number of thiazole rings is 1. The summed E-state index contributed by atoms with van der Waals surface area (Å²) >= 11 is 3.37. The van der Waals surface area contributed by atoms with E-state index in [1.165, 1.54) is 0 Å². The van der Waals surface area contributed by atoms with E-state index in [9.17, 15) is 4.79 Å². The molecule has 1 fully saturated rings. The smallest absolute Gasteiger partial charge is 0.251 e. The molecule has 0 saturated carbocycles. The van der Waals surface area contributed by atoms with Crippen molar-refractivity contribution in [2.24, 2.45) is 5.92 Å². The standard InChI is InChI=1S/C23H29N5OS2/c1-15(4-8-21-24-11-18(30-3)12-25-21)5-9-22-27-19-7-6-16(10-20(19)31-22)23(29)26-17-13-28(2)14-17/h6-7,10-12,15,17H,4-5,8-9,13-14H2,1-3H3,(H,26,29)/t15-/m0/s1. The maximum absolute atomic E-state index is 12.5. The predicted octanol–water partition coefficient (Wildman–Crippen LogP) is 4.05. The molecule has 1 saturated heterocycles. The number of hydrogen-bond donors (Lipinski definition) is 1. The Labute approximate surface area is 191 Å². The summed E-state index contributed by atoms with van der Waals surface area (Å²) in [5.74, 6) is 1.51. The molecule has 3 aromatic rings. The molecular weight excluding hydrogens is 426 g/mol. The summed E-state index contributed by atoms with van der Waals surface area (Å²) in [6, 6.07) is 6.10. The van der Waals surface area contributed by atoms with Crippen LogP contribution in [0.5, 0.6) is 0 Å². The first kappa shape index (κ1) is 22.2. The van der Waals surface area contributed by atoms with Gasteiger partial charge in [-0.1, -0.05) is 6.92 Å². The molecule has 1 aliphatic rings. The van der Waals surface area contributed by atoms with Crippen molar-refractivity contribution in [3.8, 4) is 0 Å². The van der Waals surface area contributed by atoms with E-state index in [2.05, 4.69) is 34.2 Å². The Morgan fingerprint density at radius 1 is 1.26 bits per heavy atom. The lowest BCUT2D eigenvalue weighted by Gasteiger charge is -2.36. The van der Waals surface area contributed by atoms with Crippen LogP contribution in [0.2, 0.25) is 0 Å². The molecule has 3 heterocycles. The van der Waals surface area contributed by atoms with Gasteiger partial charge in [-0.05, 0) is 56.7 Å². The Hall–Kier alpha value is -2.03. The van der Waals surface area contributed by atoms with Crippen molar-refractivity contribution < 1.29 is 4.79 Å². The number of aromatic nitrogens is 3. The molecule has 0 unspecified atom stereocenters. The first-order valence-corrected chi connectivity index (χ1v) is 12.8. The van der Waals surface area contributed by atoms with Gasteiger partial charge in [0.25, 0.3) is 5.91 Å². The number of rotatable bonds is 9. The van der Waals surface area contributed by atoms with Gasteiger partial charge in [-0.25, -0.2) is 15.0 Å². The minimum Gasteiger partial charge on any atom is -0.347 e. The van der Waals surface area contributed by atoms with Gasteiger partial charge in [0.1, 0.15) is 5.82 Å². The number of nitrogens with zero attached hydrogens (tertiary/aromatic N) is 4. The second kappa shape index (κ2) is 10.1. The number of amides is 1. The molecule has 1 atom stereocenters. The van der Waals surface area contributed by atoms with Crippen molar-refractivity contribution in [2.75, 3.05) is 26.4 Å². The number of aryl methyl sites for hydroxylation is 2. The largest absolute Gasteiger partial charge is 0.347 e. The van der Waals surface area contributed by atoms with Gasteiger partial charge in [0.2, 0.25) is 0 Å². The number of likely N-dealkylation sites (tertiary alicyclic amines) is 1. The Kier molecular flexibility index (Phi) is 7.20. The first-order chi connectivity index (χ1) is 15.0. The summed E-state index contributed by atoms with van der Waals surface area (Å²) in [5.41, 5.74) is 1.70. The third kappa shape index (κ3) is 5.81. The lowest BCUT2D eigenvalue weighted by atomic mass is 10.00. The van der Waals surface area contributed by atoms with Gasteiger partial charge >= 0.3 is 0 Å². The van der Waals surface area contributed by atoms with E-state index in [0.29, 0.717) is 5.92 Å². The van der Waals surface area contributed by atoms with Crippen LogP contribution in [0.15, 0.2) is 35.5 Å². The van der Waals surface area contributed by atoms with Gasteiger partial charge in [0.15, 0.2) is 0 Å². The third-order valence-corrected chi connectivity index (χ3v) is 7.48. The van der Waals surface area contributed by atoms with E-state index in [1.54, 1.807) is 23.1 Å². The molecule has 2 aromatic heterocycles. The normalized spacial score (nSPS) is 15.7. The molecule has 8 heteroatoms. The summed E-state index contributed by atoms with van der Waals surface area (Å²) < 4.78 is 1.09. The number of likely N-dealkylation sites (N-methyl/N-ethyl adjacent to an activating group) is 1. The number of carbonyl (C=O) groups is 1. The number of hydrogen-bond acceptors (Lipinski definition) is 7. The van der Waals surface area contributed by atoms with Crippen LogP contribution in [-0.4, -0.2) is 58.2 Å². The minimum absolute atomic E-state index is 0.0105. The summed E-state index contributed by atoms with van der Waals surface area (Å²) in [4.78, 5) is 29.4. The van der Waals surface area contributed by atoms with Gasteiger partial charge in [-0.3, -0.25) is 4.79 Å². The molecule has 31 heavy (non-hydrogen) atoms. The van der Waals surface area contributed by atoms with E-state index < -0.39 is 0 Å². The van der Waals surface area contributed by atoms with Crippen molar-refractivity contribution in [1.82, 2.24) is 25.2 Å². The van der Waals surface area contributed by atoms with E-state index in [4.69, 9.17) is 4.98 Å². The molecule has 4 rings (SSSR count). The average Bonchev–Trinajstić information content (AvgIpc) is 3.17. The Balaban J connectivity index is 1.28. The van der Waals surface area contributed by atoms with Crippen LogP contribution in [0.25, 0.3) is 10.2 Å². The summed E-state index contributed by atoms with van der Waals surface area (Å²) in [7, 11) is 2.06. The fraction of sp³-hybridized carbons (Fsp3) is 0.478. The number of carbonyl (C=O) groups excluding carboxylic acids is 1. The van der Waals surface area contributed by atoms with Crippen molar-refractivity contribution in [2.45, 2.75) is 43.5 Å². The monoisotopic (exact) mass is 455 g/mol. The zero-order chi connectivity index (χ0) is 21.8. The lowest BCUT2D eigenvalue weighted by molar-refractivity contribution is 0.0858. The van der Waals surface area contributed by atoms with E-state index in [-0.39, 0.29) is 11.9 Å². The van der Waals surface area contributed by atoms with E-state index in [0.717, 1.165) is 70.3 Å². The summed E-state index contributed by atoms with van der Waals surface area (Å²) in [6.45, 7) is 4.13. The molecular formula is C23H29N5OS2. The van der Waals surface area contributed by atoms with Gasteiger partial charge in [0, 0.05) is 42.4 Å². The van der Waals surface area contributed by atoms with E-state index in [1.807, 2.05) is 36.8 Å². The van der Waals surface area contributed by atoms with Crippen LogP contribution in [0.4, 0.5) is 0 Å². The SMILES string of the molecule is CSc1cnc(CC[C@H](C)CCc2nc3ccc(C(=O)NC4CN(C)C4)cc3s2)nc1. The number of thioether (sulfide) groups is 1. The lowest BCUT2D eigenvalue weighted by Crippen LogP contribution is -2.57. The Morgan fingerprint density at radius 3 is 2.71 bits per heavy atom. The van der Waals surface area contributed by atoms with Crippen LogP contribution in [-0.2, 0) is 12.8 Å². The van der Waals surface area contributed by atoms with Gasteiger partial charge < -0.3 is 10.2 Å². The summed E-state index contributed by atoms with van der Waals surface area (Å²) in [5, 5.41) is 4.24. The van der Waals surface area contributed by atoms with Crippen LogP contribution >= 0.6 is 23.1 Å². The molecule has 6 nitrogen and oxygen atoms in total. The number of nitrogens with one attached hydrogen (secondary N) is 1. The highest BCUT2D eigenvalue weighted by molar-refractivity contribution is 7.98. The highest BCUT2D eigenvalue weighted by atomic mass is 32.2. The van der Waals surface area contributed by atoms with Crippen LogP contribution < -0.4 is 5.32 Å². The minimum atomic E-state index is 0.0105. The fourth-order valence-electron chi connectivity index (χ4n) is 3.75. The molecule has 1 aromatic carbocycles. The molecule has 1 amide bonds. The quantitative estimate of drug-likeness (QED) is 0.491. The molecule has 1 aliphatic heterocycles. The molecule has 0 spiro atoms. The zero-order valence-corrected chi connectivity index (χ0v) is 19.9. The van der Waals surface area contributed by atoms with Crippen molar-refractivity contribution >= 4 is 39.2 Å². The van der Waals surface area contributed by atoms with Crippen LogP contribution in [0.3, 0.4) is 0 Å². The van der Waals surface area contributed by atoms with Crippen LogP contribution in [0.1, 0.15) is 41.0 Å². The Bertz CT molecular complexity index is 1030. The third-order valence-electron chi connectivity index (χ3n) is 5.72. The van der Waals surface area contributed by atoms with Gasteiger partial charge in [-0.2, -0.15) is 0 Å². The maximum Gasteiger partial charge on any atom is 0.251 e. The predicted molar refractivity (Wildman–Crippen MR) is 128 cm³/mol. The van der Waals surface area contributed by atoms with Crippen molar-refractivity contribution in [3.05, 3.63) is 47.0 Å². The second-order valence-electron chi connectivity index (χ2n) is 8.40. The second-order valence-corrected chi connectivity index (χ2v) is 10.4. The molecule has 0 aliphatic carbocycles. The molecule has 0 radical (unpaired) electrons. The topological polar surface area (TPSA) is 71.0 Å². The van der Waals surface area contributed by atoms with Gasteiger partial charge in [-0.15, -0.1) is 23.1 Å². The number of fused-ring (bicyclic) bond motifs is 1. The molecule has 1 N–H and O–H groups in total. The van der Waals surface area contributed by atoms with Crippen LogP contribution in [0, 0.1) is 5.92 Å². The highest BCUT2D eigenvalue weighted by Crippen LogP contribution is 2.26. The fourth-order valence-corrected chi connectivity index (χ4v) is 5.08. The zero-order valence-electron chi connectivity index (χ0n) is 18.3. The molecule has 0 bridgehead atoms. The molecule has 164 valence electrons. The summed E-state index contributed by atoms with van der Waals surface area (Å²) in [6.07, 6.45) is 9.87. The highest BCUT2D eigenvalue weighted by Gasteiger charge is 2.25. The first-order valence-electron chi connectivity index (χ1n) is 10.7.